The van der Waals surface area contributed by atoms with E-state index in [2.05, 4.69) is 26.4 Å². The summed E-state index contributed by atoms with van der Waals surface area (Å²) in [4.78, 5) is 7.21. The van der Waals surface area contributed by atoms with Crippen LogP contribution >= 0.6 is 0 Å². The van der Waals surface area contributed by atoms with E-state index in [1.54, 1.807) is 14.2 Å². The lowest BCUT2D eigenvalue weighted by Crippen LogP contribution is -2.33. The van der Waals surface area contributed by atoms with Crippen molar-refractivity contribution in [2.45, 2.75) is 33.2 Å². The summed E-state index contributed by atoms with van der Waals surface area (Å²) in [5.41, 5.74) is 1.65. The number of likely N-dealkylation sites (tertiary alicyclic amines) is 1. The van der Waals surface area contributed by atoms with Crippen molar-refractivity contribution in [1.82, 2.24) is 24.5 Å². The number of hydrogen-bond donors (Lipinski definition) is 0. The van der Waals surface area contributed by atoms with Gasteiger partial charge in [0.2, 0.25) is 0 Å². The van der Waals surface area contributed by atoms with Crippen LogP contribution < -0.4 is 9.47 Å². The van der Waals surface area contributed by atoms with E-state index >= 15 is 0 Å². The van der Waals surface area contributed by atoms with Crippen LogP contribution in [-0.2, 0) is 6.54 Å². The van der Waals surface area contributed by atoms with Gasteiger partial charge in [0.25, 0.3) is 0 Å². The summed E-state index contributed by atoms with van der Waals surface area (Å²) < 4.78 is 12.9. The van der Waals surface area contributed by atoms with Gasteiger partial charge in [-0.05, 0) is 44.8 Å². The molecule has 0 amide bonds. The molecular formula is C19H25N5O2. The molecular weight excluding hydrogens is 330 g/mol. The molecule has 0 N–H and O–H groups in total. The van der Waals surface area contributed by atoms with E-state index in [-0.39, 0.29) is 0 Å². The Morgan fingerprint density at radius 2 is 1.77 bits per heavy atom. The van der Waals surface area contributed by atoms with Crippen LogP contribution in [0.4, 0.5) is 0 Å². The van der Waals surface area contributed by atoms with Crippen molar-refractivity contribution in [3.8, 4) is 11.5 Å². The topological polar surface area (TPSA) is 64.8 Å². The van der Waals surface area contributed by atoms with Gasteiger partial charge in [-0.3, -0.25) is 9.30 Å². The van der Waals surface area contributed by atoms with Crippen LogP contribution in [0.2, 0.25) is 0 Å². The molecule has 1 aliphatic rings. The number of ether oxygens (including phenoxy) is 2. The third kappa shape index (κ3) is 2.86. The van der Waals surface area contributed by atoms with E-state index < -0.39 is 0 Å². The standard InChI is InChI=1S/C19H25N5O2/c1-12-5-7-23(8-6-12)11-18-21-22-19-14-9-16(25-3)17(26-4)10-15(14)20-13(2)24(18)19/h9-10,12H,5-8,11H2,1-4H3. The molecule has 1 saturated heterocycles. The van der Waals surface area contributed by atoms with Gasteiger partial charge >= 0.3 is 0 Å². The van der Waals surface area contributed by atoms with Crippen LogP contribution in [0.3, 0.4) is 0 Å². The lowest BCUT2D eigenvalue weighted by Gasteiger charge is -2.29. The highest BCUT2D eigenvalue weighted by Gasteiger charge is 2.20. The zero-order valence-electron chi connectivity index (χ0n) is 15.8. The SMILES string of the molecule is COc1cc2nc(C)n3c(CN4CCC(C)CC4)nnc3c2cc1OC. The highest BCUT2D eigenvalue weighted by atomic mass is 16.5. The number of hydrogen-bond acceptors (Lipinski definition) is 6. The molecule has 0 atom stereocenters. The fraction of sp³-hybridized carbons (Fsp3) is 0.526. The molecule has 1 fully saturated rings. The van der Waals surface area contributed by atoms with Crippen molar-refractivity contribution in [1.29, 1.82) is 0 Å². The van der Waals surface area contributed by atoms with E-state index in [0.717, 1.165) is 53.8 Å². The molecule has 0 bridgehead atoms. The second-order valence-electron chi connectivity index (χ2n) is 7.12. The normalized spacial score (nSPS) is 16.5. The lowest BCUT2D eigenvalue weighted by atomic mass is 9.99. The first kappa shape index (κ1) is 17.0. The maximum absolute atomic E-state index is 5.44. The van der Waals surface area contributed by atoms with Crippen molar-refractivity contribution in [3.63, 3.8) is 0 Å². The highest BCUT2D eigenvalue weighted by molar-refractivity contribution is 5.93. The average Bonchev–Trinajstić information content (AvgIpc) is 3.07. The monoisotopic (exact) mass is 355 g/mol. The molecule has 3 heterocycles. The van der Waals surface area contributed by atoms with E-state index in [0.29, 0.717) is 11.5 Å². The molecule has 0 radical (unpaired) electrons. The predicted octanol–water partition coefficient (Wildman–Crippen LogP) is 2.84. The number of nitrogens with zero attached hydrogens (tertiary/aromatic N) is 5. The molecule has 2 aromatic heterocycles. The van der Waals surface area contributed by atoms with E-state index in [1.807, 2.05) is 19.1 Å². The molecule has 0 aliphatic carbocycles. The summed E-state index contributed by atoms with van der Waals surface area (Å²) in [6.07, 6.45) is 2.49. The number of piperidine rings is 1. The van der Waals surface area contributed by atoms with Crippen LogP contribution in [0.1, 0.15) is 31.4 Å². The van der Waals surface area contributed by atoms with Gasteiger partial charge in [-0.1, -0.05) is 6.92 Å². The maximum Gasteiger partial charge on any atom is 0.171 e. The lowest BCUT2D eigenvalue weighted by molar-refractivity contribution is 0.181. The van der Waals surface area contributed by atoms with Crippen molar-refractivity contribution in [2.75, 3.05) is 27.3 Å². The van der Waals surface area contributed by atoms with E-state index in [9.17, 15) is 0 Å². The van der Waals surface area contributed by atoms with E-state index in [1.165, 1.54) is 12.8 Å². The minimum absolute atomic E-state index is 0.665. The molecule has 7 nitrogen and oxygen atoms in total. The van der Waals surface area contributed by atoms with Crippen molar-refractivity contribution in [3.05, 3.63) is 23.8 Å². The zero-order valence-corrected chi connectivity index (χ0v) is 15.8. The Morgan fingerprint density at radius 1 is 1.08 bits per heavy atom. The molecule has 138 valence electrons. The van der Waals surface area contributed by atoms with Crippen molar-refractivity contribution >= 4 is 16.6 Å². The van der Waals surface area contributed by atoms with Crippen LogP contribution in [0.5, 0.6) is 11.5 Å². The molecule has 0 spiro atoms. The van der Waals surface area contributed by atoms with Crippen LogP contribution in [0, 0.1) is 12.8 Å². The zero-order chi connectivity index (χ0) is 18.3. The third-order valence-corrected chi connectivity index (χ3v) is 5.32. The quantitative estimate of drug-likeness (QED) is 0.717. The number of aromatic nitrogens is 4. The Morgan fingerprint density at radius 3 is 2.46 bits per heavy atom. The van der Waals surface area contributed by atoms with Gasteiger partial charge in [0.05, 0.1) is 26.3 Å². The molecule has 0 saturated carbocycles. The second kappa shape index (κ2) is 6.72. The van der Waals surface area contributed by atoms with Gasteiger partial charge in [-0.15, -0.1) is 10.2 Å². The fourth-order valence-electron chi connectivity index (χ4n) is 3.72. The Balaban J connectivity index is 1.78. The van der Waals surface area contributed by atoms with Gasteiger partial charge in [0, 0.05) is 11.5 Å². The van der Waals surface area contributed by atoms with Gasteiger partial charge in [0.1, 0.15) is 5.82 Å². The molecule has 0 unspecified atom stereocenters. The Labute approximate surface area is 152 Å². The molecule has 1 aliphatic heterocycles. The fourth-order valence-corrected chi connectivity index (χ4v) is 3.72. The molecule has 26 heavy (non-hydrogen) atoms. The van der Waals surface area contributed by atoms with Gasteiger partial charge < -0.3 is 9.47 Å². The number of aryl methyl sites for hydroxylation is 1. The molecule has 7 heteroatoms. The minimum Gasteiger partial charge on any atom is -0.493 e. The predicted molar refractivity (Wildman–Crippen MR) is 99.8 cm³/mol. The summed E-state index contributed by atoms with van der Waals surface area (Å²) in [6, 6.07) is 3.82. The van der Waals surface area contributed by atoms with Crippen molar-refractivity contribution in [2.24, 2.45) is 5.92 Å². The first-order valence-corrected chi connectivity index (χ1v) is 9.09. The molecule has 3 aromatic rings. The Hall–Kier alpha value is -2.41. The minimum atomic E-state index is 0.665. The summed E-state index contributed by atoms with van der Waals surface area (Å²) in [5, 5.41) is 9.86. The first-order chi connectivity index (χ1) is 12.6. The van der Waals surface area contributed by atoms with Gasteiger partial charge in [-0.25, -0.2) is 4.98 Å². The largest absolute Gasteiger partial charge is 0.493 e. The Kier molecular flexibility index (Phi) is 4.40. The summed E-state index contributed by atoms with van der Waals surface area (Å²) >= 11 is 0. The number of rotatable bonds is 4. The summed E-state index contributed by atoms with van der Waals surface area (Å²) in [5.74, 6) is 3.97. The third-order valence-electron chi connectivity index (χ3n) is 5.32. The van der Waals surface area contributed by atoms with Gasteiger partial charge in [-0.2, -0.15) is 0 Å². The molecule has 1 aromatic carbocycles. The summed E-state index contributed by atoms with van der Waals surface area (Å²) in [6.45, 7) is 7.34. The van der Waals surface area contributed by atoms with Crippen molar-refractivity contribution < 1.29 is 9.47 Å². The van der Waals surface area contributed by atoms with Gasteiger partial charge in [0.15, 0.2) is 23.0 Å². The Bertz CT molecular complexity index is 944. The smallest absolute Gasteiger partial charge is 0.171 e. The van der Waals surface area contributed by atoms with E-state index in [4.69, 9.17) is 14.5 Å². The average molecular weight is 355 g/mol. The van der Waals surface area contributed by atoms with Crippen LogP contribution in [-0.4, -0.2) is 51.8 Å². The first-order valence-electron chi connectivity index (χ1n) is 9.09. The number of benzene rings is 1. The van der Waals surface area contributed by atoms with Crippen LogP contribution in [0.15, 0.2) is 12.1 Å². The second-order valence-corrected chi connectivity index (χ2v) is 7.12. The number of fused-ring (bicyclic) bond motifs is 3. The summed E-state index contributed by atoms with van der Waals surface area (Å²) in [7, 11) is 3.26. The highest BCUT2D eigenvalue weighted by Crippen LogP contribution is 2.33. The number of methoxy groups -OCH3 is 2. The maximum atomic E-state index is 5.44. The van der Waals surface area contributed by atoms with Crippen LogP contribution in [0.25, 0.3) is 16.6 Å². The molecule has 4 rings (SSSR count).